The van der Waals surface area contributed by atoms with Crippen LogP contribution in [0.25, 0.3) is 89.2 Å². The van der Waals surface area contributed by atoms with E-state index in [2.05, 4.69) is 133 Å². The summed E-state index contributed by atoms with van der Waals surface area (Å²) >= 11 is 7.84. The molecular formula is C106H116ClFN26O11S. The highest BCUT2D eigenvalue weighted by molar-refractivity contribution is 7.16. The number of thiophene rings is 1. The summed E-state index contributed by atoms with van der Waals surface area (Å²) in [5, 5.41) is 54.3. The SMILES string of the molecule is CCn1cc(-c2cnc3ccc(N(CCNC(C)C)c4cc(OC)cc(OC)c4)cc3n2)cn1.COc1cc(F)cc(N(CCO)c2ccc3ncc(-c4cnn(C5CCCCO5)c4)nc3c2)c1.COc1cc(OC)cc(N(Cc2ccc(Cl)s2)c2ccc3ncc(-c4cnn(CCN5CCNCC5)c4)nc3c2)c1.COc1cc(OC)cc(N(Cc2nnc(NCCO)o2)c2ccc3ncc(-c4cnn(C)c4)nc3c2)c1. The van der Waals surface area contributed by atoms with Crippen molar-refractivity contribution in [1.29, 1.82) is 0 Å². The number of nitrogens with zero attached hydrogens (tertiary/aromatic N) is 23. The quantitative estimate of drug-likeness (QED) is 0.0241. The predicted octanol–water partition coefficient (Wildman–Crippen LogP) is 17.8. The van der Waals surface area contributed by atoms with Crippen LogP contribution in [-0.4, -0.2) is 239 Å². The first kappa shape index (κ1) is 102. The second-order valence-electron chi connectivity index (χ2n) is 34.5. The minimum absolute atomic E-state index is 0.0437. The van der Waals surface area contributed by atoms with Crippen LogP contribution in [0.2, 0.25) is 4.34 Å². The molecule has 5 N–H and O–H groups in total. The number of rotatable bonds is 37. The Morgan fingerprint density at radius 2 is 0.918 bits per heavy atom. The van der Waals surface area contributed by atoms with E-state index in [9.17, 15) is 9.50 Å². The summed E-state index contributed by atoms with van der Waals surface area (Å²) in [5.74, 6) is 4.54. The lowest BCUT2D eigenvalue weighted by Gasteiger charge is -2.27. The zero-order chi connectivity index (χ0) is 102. The van der Waals surface area contributed by atoms with Gasteiger partial charge >= 0.3 is 6.01 Å². The molecule has 2 aliphatic heterocycles. The molecule has 37 nitrogen and oxygen atoms in total. The normalized spacial score (nSPS) is 13.1. The lowest BCUT2D eigenvalue weighted by Crippen LogP contribution is -2.44. The van der Waals surface area contributed by atoms with E-state index < -0.39 is 5.82 Å². The number of aliphatic hydroxyl groups excluding tert-OH is 2. The molecule has 0 amide bonds. The zero-order valence-electron chi connectivity index (χ0n) is 83.0. The van der Waals surface area contributed by atoms with E-state index in [-0.39, 0.29) is 38.5 Å². The van der Waals surface area contributed by atoms with Gasteiger partial charge in [0.1, 0.15) is 58.8 Å². The van der Waals surface area contributed by atoms with Crippen molar-refractivity contribution in [3.05, 3.63) is 253 Å². The number of methoxy groups -OCH3 is 7. The molecule has 0 spiro atoms. The molecule has 8 aromatic carbocycles. The van der Waals surface area contributed by atoms with Crippen molar-refractivity contribution in [1.82, 2.24) is 105 Å². The van der Waals surface area contributed by atoms with Gasteiger partial charge in [0.15, 0.2) is 0 Å². The molecule has 0 saturated carbocycles. The van der Waals surface area contributed by atoms with Crippen LogP contribution in [0.4, 0.5) is 55.9 Å². The molecule has 40 heteroatoms. The van der Waals surface area contributed by atoms with Gasteiger partial charge in [-0.15, -0.1) is 16.4 Å². The molecule has 1 atom stereocenters. The number of ether oxygens (including phenoxy) is 8. The van der Waals surface area contributed by atoms with Gasteiger partial charge in [-0.2, -0.15) is 20.4 Å². The fourth-order valence-electron chi connectivity index (χ4n) is 16.8. The van der Waals surface area contributed by atoms with Crippen molar-refractivity contribution in [2.75, 3.05) is 153 Å². The minimum atomic E-state index is -0.417. The fraction of sp³-hybridized carbons (Fsp3) is 0.302. The van der Waals surface area contributed by atoms with Gasteiger partial charge in [-0.1, -0.05) is 30.5 Å². The van der Waals surface area contributed by atoms with Crippen molar-refractivity contribution < 1.29 is 56.9 Å². The number of aryl methyl sites for hydroxylation is 2. The highest BCUT2D eigenvalue weighted by atomic mass is 35.5. The second-order valence-corrected chi connectivity index (χ2v) is 36.3. The predicted molar refractivity (Wildman–Crippen MR) is 565 cm³/mol. The van der Waals surface area contributed by atoms with Crippen LogP contribution in [-0.2, 0) is 38.0 Å². The van der Waals surface area contributed by atoms with Crippen molar-refractivity contribution in [3.63, 3.8) is 0 Å². The third-order valence-corrected chi connectivity index (χ3v) is 25.6. The minimum Gasteiger partial charge on any atom is -0.497 e. The molecule has 12 heterocycles. The summed E-state index contributed by atoms with van der Waals surface area (Å²) in [5.41, 5.74) is 19.7. The number of hydrogen-bond acceptors (Lipinski definition) is 34. The number of fused-ring (bicyclic) bond motifs is 4. The van der Waals surface area contributed by atoms with E-state index in [1.165, 1.54) is 19.2 Å². The molecule has 1 unspecified atom stereocenters. The van der Waals surface area contributed by atoms with Crippen LogP contribution in [0.15, 0.2) is 237 Å². The van der Waals surface area contributed by atoms with Crippen LogP contribution < -0.4 is 68.7 Å². The topological polar surface area (TPSA) is 380 Å². The number of aliphatic hydroxyl groups is 2. The summed E-state index contributed by atoms with van der Waals surface area (Å²) in [7, 11) is 13.2. The van der Waals surface area contributed by atoms with Crippen LogP contribution in [0, 0.1) is 5.82 Å². The van der Waals surface area contributed by atoms with E-state index in [1.54, 1.807) is 102 Å². The summed E-state index contributed by atoms with van der Waals surface area (Å²) in [6, 6.07) is 50.2. The molecule has 0 radical (unpaired) electrons. The van der Waals surface area contributed by atoms with E-state index in [0.717, 1.165) is 223 Å². The lowest BCUT2D eigenvalue weighted by atomic mass is 10.2. The smallest absolute Gasteiger partial charge is 0.315 e. The summed E-state index contributed by atoms with van der Waals surface area (Å²) < 4.78 is 72.3. The number of hydrogen-bond donors (Lipinski definition) is 5. The molecule has 20 rings (SSSR count). The molecule has 0 bridgehead atoms. The van der Waals surface area contributed by atoms with Gasteiger partial charge < -0.3 is 88.1 Å². The molecule has 2 fully saturated rings. The van der Waals surface area contributed by atoms with Gasteiger partial charge in [0.2, 0.25) is 5.89 Å². The first-order valence-corrected chi connectivity index (χ1v) is 49.1. The molecule has 10 aromatic heterocycles. The molecule has 0 aliphatic carbocycles. The lowest BCUT2D eigenvalue weighted by molar-refractivity contribution is -0.0394. The Labute approximate surface area is 852 Å². The molecular weight excluding hydrogens is 1900 g/mol. The molecule has 18 aromatic rings. The number of halogens is 2. The zero-order valence-corrected chi connectivity index (χ0v) is 84.6. The van der Waals surface area contributed by atoms with Crippen LogP contribution in [0.1, 0.15) is 57.0 Å². The van der Waals surface area contributed by atoms with Crippen molar-refractivity contribution in [2.24, 2.45) is 7.05 Å². The highest BCUT2D eigenvalue weighted by Crippen LogP contribution is 2.42. The van der Waals surface area contributed by atoms with Crippen LogP contribution in [0.3, 0.4) is 0 Å². The summed E-state index contributed by atoms with van der Waals surface area (Å²) in [6.07, 6.45) is 25.3. The Morgan fingerprint density at radius 3 is 1.37 bits per heavy atom. The number of piperazine rings is 1. The van der Waals surface area contributed by atoms with Crippen molar-refractivity contribution in [3.8, 4) is 85.3 Å². The number of anilines is 9. The van der Waals surface area contributed by atoms with E-state index >= 15 is 0 Å². The van der Waals surface area contributed by atoms with E-state index in [0.29, 0.717) is 70.7 Å². The Bertz CT molecular complexity index is 7350. The Hall–Kier alpha value is -15.6. The maximum atomic E-state index is 14.2. The monoisotopic (exact) mass is 2010 g/mol. The first-order valence-electron chi connectivity index (χ1n) is 47.9. The molecule has 2 saturated heterocycles. The Kier molecular flexibility index (Phi) is 33.9. The maximum Gasteiger partial charge on any atom is 0.315 e. The fourth-order valence-corrected chi connectivity index (χ4v) is 17.9. The average Bonchev–Trinajstić information content (AvgIpc) is 1.14. The van der Waals surface area contributed by atoms with Gasteiger partial charge in [0, 0.05) is 249 Å². The average molecular weight is 2020 g/mol. The Balaban J connectivity index is 0.000000134. The van der Waals surface area contributed by atoms with Gasteiger partial charge in [-0.3, -0.25) is 38.9 Å². The van der Waals surface area contributed by atoms with Crippen molar-refractivity contribution in [2.45, 2.75) is 78.5 Å². The van der Waals surface area contributed by atoms with Crippen molar-refractivity contribution >= 4 is 119 Å². The van der Waals surface area contributed by atoms with Gasteiger partial charge in [0.05, 0.1) is 197 Å². The van der Waals surface area contributed by atoms with E-state index in [1.807, 2.05) is 171 Å². The summed E-state index contributed by atoms with van der Waals surface area (Å²) in [6.45, 7) is 16.9. The Morgan fingerprint density at radius 1 is 0.466 bits per heavy atom. The third kappa shape index (κ3) is 25.8. The van der Waals surface area contributed by atoms with Crippen LogP contribution in [0.5, 0.6) is 40.2 Å². The second kappa shape index (κ2) is 48.6. The largest absolute Gasteiger partial charge is 0.497 e. The third-order valence-electron chi connectivity index (χ3n) is 24.4. The van der Waals surface area contributed by atoms with Gasteiger partial charge in [-0.05, 0) is 117 Å². The number of aromatic nitrogens is 18. The standard InChI is InChI=1S/C30H32ClN7O2S.C26H32N6O2.C25H26FN5O3.C25H26N8O4/c1-39-24-13-23(14-25(16-24)40-2)38(20-26-4-6-30(31)41-26)22-3-5-27-28(15-22)35-29(18-33-27)21-17-34-37(19-21)12-11-36-9-7-32-8-10-36;1-6-31-17-19(15-29-31)26-16-28-24-8-7-20(13-25(24)30-26)32(10-9-27-18(2)3)21-11-22(33-4)14-23(12-21)34-5;1-33-21-11-18(26)10-20(12-21)30(7-8-32)19-5-6-22-23(13-19)29-24(15-27-22)17-14-28-31(16-17)25-4-2-3-9-34-25;1-32-14-16(12-28-32)23-13-27-21-5-4-17(10-22(21)29-23)33(15-24-30-31-25(37-24)26-6-7-34)18-8-19(35-2)11-20(9-18)36-3/h3-6,13-19,32H,7-12,20H2,1-2H3;7-8,11-18,27H,6,9-10H2,1-5H3;5-6,10-16,25,32H,2-4,7-9H2,1H3;4-5,8-14,34H,6-7,15H2,1-3H3,(H,26,31). The van der Waals surface area contributed by atoms with Gasteiger partial charge in [0.25, 0.3) is 0 Å². The maximum absolute atomic E-state index is 14.2. The molecule has 756 valence electrons. The number of nitrogens with one attached hydrogen (secondary N) is 3. The number of benzene rings is 8. The first-order chi connectivity index (χ1) is 71.3. The molecule has 146 heavy (non-hydrogen) atoms. The molecule has 2 aliphatic rings. The van der Waals surface area contributed by atoms with Crippen LogP contribution >= 0.6 is 22.9 Å². The highest BCUT2D eigenvalue weighted by Gasteiger charge is 2.25. The van der Waals surface area contributed by atoms with E-state index in [4.69, 9.17) is 83.9 Å². The van der Waals surface area contributed by atoms with Gasteiger partial charge in [-0.25, -0.2) is 29.0 Å². The summed E-state index contributed by atoms with van der Waals surface area (Å²) in [4.78, 5) is 49.9.